The lowest BCUT2D eigenvalue weighted by Gasteiger charge is -2.38. The molecular weight excluding hydrogens is 418 g/mol. The van der Waals surface area contributed by atoms with Crippen molar-refractivity contribution in [3.63, 3.8) is 0 Å². The van der Waals surface area contributed by atoms with Crippen molar-refractivity contribution in [2.24, 2.45) is 0 Å². The Morgan fingerprint density at radius 3 is 1.57 bits per heavy atom. The zero-order valence-electron chi connectivity index (χ0n) is 19.3. The lowest BCUT2D eigenvalue weighted by Crippen LogP contribution is -2.49. The smallest absolute Gasteiger partial charge is 0.229 e. The monoisotopic (exact) mass is 455 g/mol. The Bertz CT molecular complexity index is 967. The summed E-state index contributed by atoms with van der Waals surface area (Å²) in [4.78, 5) is 0.464. The average molecular weight is 456 g/mol. The summed E-state index contributed by atoms with van der Waals surface area (Å²) in [5, 5.41) is -0.432. The van der Waals surface area contributed by atoms with Gasteiger partial charge in [0.15, 0.2) is 0 Å². The molecule has 0 aromatic heterocycles. The van der Waals surface area contributed by atoms with Gasteiger partial charge in [0.1, 0.15) is 9.84 Å². The van der Waals surface area contributed by atoms with Gasteiger partial charge in [-0.05, 0) is 60.1 Å². The number of nitrogens with zero attached hydrogens (tertiary/aromatic N) is 1. The minimum Gasteiger partial charge on any atom is -0.229 e. The molecule has 2 saturated heterocycles. The molecule has 7 heteroatoms. The predicted octanol–water partition coefficient (Wildman–Crippen LogP) is 4.79. The Labute approximate surface area is 183 Å². The fourth-order valence-electron chi connectivity index (χ4n) is 5.12. The number of sulfonamides is 1. The second kappa shape index (κ2) is 8.21. The van der Waals surface area contributed by atoms with Gasteiger partial charge in [0.05, 0.1) is 10.1 Å². The van der Waals surface area contributed by atoms with Crippen molar-refractivity contribution >= 4 is 19.9 Å². The highest BCUT2D eigenvalue weighted by atomic mass is 32.2. The van der Waals surface area contributed by atoms with E-state index < -0.39 is 25.1 Å². The molecule has 0 aliphatic carbocycles. The van der Waals surface area contributed by atoms with Crippen LogP contribution in [0.25, 0.3) is 0 Å². The van der Waals surface area contributed by atoms with E-state index in [0.29, 0.717) is 23.7 Å². The summed E-state index contributed by atoms with van der Waals surface area (Å²) in [6.45, 7) is 12.5. The van der Waals surface area contributed by atoms with Crippen molar-refractivity contribution in [2.45, 2.75) is 107 Å². The van der Waals surface area contributed by atoms with Gasteiger partial charge in [0.25, 0.3) is 0 Å². The van der Waals surface area contributed by atoms with Crippen molar-refractivity contribution < 1.29 is 16.8 Å². The zero-order chi connectivity index (χ0) is 22.6. The largest absolute Gasteiger partial charge is 0.244 e. The van der Waals surface area contributed by atoms with Crippen molar-refractivity contribution in [1.82, 2.24) is 4.31 Å². The van der Waals surface area contributed by atoms with Crippen molar-refractivity contribution in [3.8, 4) is 0 Å². The molecule has 30 heavy (non-hydrogen) atoms. The minimum absolute atomic E-state index is 0.0807. The molecule has 0 radical (unpaired) electrons. The number of rotatable bonds is 6. The van der Waals surface area contributed by atoms with E-state index in [1.54, 1.807) is 4.31 Å². The third-order valence-electron chi connectivity index (χ3n) is 6.84. The first-order valence-corrected chi connectivity index (χ1v) is 14.5. The first-order valence-electron chi connectivity index (χ1n) is 11.1. The van der Waals surface area contributed by atoms with E-state index in [9.17, 15) is 16.8 Å². The average Bonchev–Trinajstić information content (AvgIpc) is 2.90. The molecular formula is C23H37NO4S2. The van der Waals surface area contributed by atoms with Crippen LogP contribution in [0.3, 0.4) is 0 Å². The van der Waals surface area contributed by atoms with Crippen LogP contribution in [0.15, 0.2) is 17.0 Å². The summed E-state index contributed by atoms with van der Waals surface area (Å²) in [5.74, 6) is 0.479. The maximum Gasteiger partial charge on any atom is 0.244 e. The van der Waals surface area contributed by atoms with Gasteiger partial charge >= 0.3 is 0 Å². The predicted molar refractivity (Wildman–Crippen MR) is 122 cm³/mol. The Hall–Kier alpha value is -0.920. The van der Waals surface area contributed by atoms with Crippen LogP contribution in [-0.4, -0.2) is 44.7 Å². The molecule has 0 N–H and O–H groups in total. The highest BCUT2D eigenvalue weighted by Gasteiger charge is 2.50. The fraction of sp³-hybridized carbons (Fsp3) is 0.739. The van der Waals surface area contributed by atoms with Gasteiger partial charge in [-0.3, -0.25) is 0 Å². The first-order chi connectivity index (χ1) is 13.7. The van der Waals surface area contributed by atoms with E-state index in [4.69, 9.17) is 0 Å². The van der Waals surface area contributed by atoms with Crippen molar-refractivity contribution in [2.75, 3.05) is 6.26 Å². The third kappa shape index (κ3) is 4.22. The molecule has 2 aliphatic rings. The maximum atomic E-state index is 14.1. The van der Waals surface area contributed by atoms with E-state index >= 15 is 0 Å². The molecule has 2 bridgehead atoms. The molecule has 3 rings (SSSR count). The highest BCUT2D eigenvalue weighted by Crippen LogP contribution is 2.44. The minimum atomic E-state index is -3.72. The number of hydrogen-bond acceptors (Lipinski definition) is 4. The van der Waals surface area contributed by atoms with Gasteiger partial charge in [0.2, 0.25) is 10.0 Å². The lowest BCUT2D eigenvalue weighted by atomic mass is 9.89. The highest BCUT2D eigenvalue weighted by molar-refractivity contribution is 7.91. The fourth-order valence-corrected chi connectivity index (χ4v) is 8.83. The summed E-state index contributed by atoms with van der Waals surface area (Å²) in [7, 11) is -6.89. The van der Waals surface area contributed by atoms with Crippen LogP contribution >= 0.6 is 0 Å². The number of hydrogen-bond donors (Lipinski definition) is 0. The van der Waals surface area contributed by atoms with Gasteiger partial charge in [-0.15, -0.1) is 0 Å². The van der Waals surface area contributed by atoms with Gasteiger partial charge in [-0.1, -0.05) is 53.7 Å². The van der Waals surface area contributed by atoms with Crippen LogP contribution < -0.4 is 0 Å². The van der Waals surface area contributed by atoms with Gasteiger partial charge in [-0.2, -0.15) is 4.31 Å². The molecule has 170 valence electrons. The molecule has 0 spiro atoms. The van der Waals surface area contributed by atoms with Gasteiger partial charge in [-0.25, -0.2) is 16.8 Å². The summed E-state index contributed by atoms with van der Waals surface area (Å²) in [6, 6.07) is 3.69. The van der Waals surface area contributed by atoms with Gasteiger partial charge in [0, 0.05) is 18.3 Å². The Morgan fingerprint density at radius 1 is 0.800 bits per heavy atom. The van der Waals surface area contributed by atoms with E-state index in [0.717, 1.165) is 24.0 Å². The summed E-state index contributed by atoms with van der Waals surface area (Å²) < 4.78 is 54.2. The molecule has 1 aromatic rings. The SMILES string of the molecule is CC(C)c1cc(C(C)C)c(S(=O)(=O)N2C3CCC2CC(S(C)(=O)=O)C3)c(C(C)C)c1. The third-order valence-corrected chi connectivity index (χ3v) is 10.6. The van der Waals surface area contributed by atoms with E-state index in [2.05, 4.69) is 26.0 Å². The number of benzene rings is 1. The maximum absolute atomic E-state index is 14.1. The van der Waals surface area contributed by atoms with Crippen LogP contribution in [-0.2, 0) is 19.9 Å². The quantitative estimate of drug-likeness (QED) is 0.618. The van der Waals surface area contributed by atoms with Crippen LogP contribution in [0.2, 0.25) is 0 Å². The van der Waals surface area contributed by atoms with E-state index in [1.165, 1.54) is 11.8 Å². The number of piperidine rings is 1. The Kier molecular flexibility index (Phi) is 6.50. The van der Waals surface area contributed by atoms with Crippen molar-refractivity contribution in [1.29, 1.82) is 0 Å². The molecule has 0 amide bonds. The van der Waals surface area contributed by atoms with Crippen molar-refractivity contribution in [3.05, 3.63) is 28.8 Å². The van der Waals surface area contributed by atoms with Crippen LogP contribution in [0.5, 0.6) is 0 Å². The molecule has 2 fully saturated rings. The van der Waals surface area contributed by atoms with E-state index in [1.807, 2.05) is 27.7 Å². The Morgan fingerprint density at radius 2 is 1.23 bits per heavy atom. The summed E-state index contributed by atoms with van der Waals surface area (Å²) in [6.07, 6.45) is 3.58. The van der Waals surface area contributed by atoms with Gasteiger partial charge < -0.3 is 0 Å². The Balaban J connectivity index is 2.15. The lowest BCUT2D eigenvalue weighted by molar-refractivity contribution is 0.249. The second-order valence-corrected chi connectivity index (χ2v) is 14.2. The van der Waals surface area contributed by atoms with Crippen LogP contribution in [0, 0.1) is 0 Å². The molecule has 2 unspecified atom stereocenters. The molecule has 0 saturated carbocycles. The molecule has 5 nitrogen and oxygen atoms in total. The molecule has 2 aliphatic heterocycles. The van der Waals surface area contributed by atoms with Crippen LogP contribution in [0.1, 0.15) is 102 Å². The molecule has 2 atom stereocenters. The first kappa shape index (κ1) is 23.7. The topological polar surface area (TPSA) is 71.5 Å². The standard InChI is InChI=1S/C23H37NO4S2/c1-14(2)17-10-21(15(3)4)23(22(11-17)16(5)6)30(27,28)24-18-8-9-19(24)13-20(12-18)29(7,25)26/h10-11,14-16,18-20H,8-9,12-13H2,1-7H3. The summed E-state index contributed by atoms with van der Waals surface area (Å²) >= 11 is 0. The molecule has 2 heterocycles. The zero-order valence-corrected chi connectivity index (χ0v) is 21.0. The van der Waals surface area contributed by atoms with E-state index in [-0.39, 0.29) is 23.9 Å². The summed E-state index contributed by atoms with van der Waals surface area (Å²) in [5.41, 5.74) is 2.93. The number of fused-ring (bicyclic) bond motifs is 2. The molecule has 1 aromatic carbocycles. The van der Waals surface area contributed by atoms with Crippen LogP contribution in [0.4, 0.5) is 0 Å². The normalized spacial score (nSPS) is 25.6. The second-order valence-electron chi connectivity index (χ2n) is 10.1. The number of sulfone groups is 1.